The van der Waals surface area contributed by atoms with Gasteiger partial charge in [-0.05, 0) is 97.0 Å². The van der Waals surface area contributed by atoms with Crippen LogP contribution >= 0.6 is 0 Å². The SMILES string of the molecule is CC[C@@]1(O)C(=O)OCC2=C1C=C1c3nc4cc(F)c(C)c5c4c(c3CC1C2=O)[C@@H](NC(=O)OCc1ccc(NC(=O)[C@H](C)NC(=O)[C@@H](NC(=O)CCOCCOCCOCCOCCOCCOCCOCCOCCNC(=O)CCN2C(=O)C=CC2=O)C(C)C)cc1)CC5. The predicted octanol–water partition coefficient (Wildman–Crippen LogP) is 3.27. The number of halogens is 1. The molecule has 0 radical (unpaired) electrons. The molecule has 7 amide bonds. The van der Waals surface area contributed by atoms with Crippen LogP contribution in [0.3, 0.4) is 0 Å². The molecule has 3 aromatic rings. The monoisotopic (exact) mass is 1330 g/mol. The lowest BCUT2D eigenvalue weighted by Gasteiger charge is -2.35. The van der Waals surface area contributed by atoms with E-state index in [9.17, 15) is 48.3 Å². The molecule has 2 aromatic carbocycles. The first-order chi connectivity index (χ1) is 45.8. The number of allylic oxidation sites excluding steroid dienone is 1. The lowest BCUT2D eigenvalue weighted by Crippen LogP contribution is -2.53. The predicted molar refractivity (Wildman–Crippen MR) is 338 cm³/mol. The van der Waals surface area contributed by atoms with Crippen LogP contribution in [-0.4, -0.2) is 211 Å². The molecule has 0 bridgehead atoms. The van der Waals surface area contributed by atoms with E-state index in [1.54, 1.807) is 58.0 Å². The Morgan fingerprint density at radius 3 is 1.91 bits per heavy atom. The molecule has 0 saturated carbocycles. The first-order valence-electron chi connectivity index (χ1n) is 32.2. The van der Waals surface area contributed by atoms with Crippen molar-refractivity contribution in [1.29, 1.82) is 0 Å². The number of carbonyl (C=O) groups is 9. The molecular weight excluding hydrogens is 1240 g/mol. The van der Waals surface area contributed by atoms with E-state index in [-0.39, 0.29) is 94.0 Å². The number of rotatable bonds is 40. The van der Waals surface area contributed by atoms with E-state index in [2.05, 4.69) is 26.6 Å². The molecule has 8 rings (SSSR count). The maximum Gasteiger partial charge on any atom is 0.407 e. The fraction of sp³-hybridized carbons (Fsp3) is 0.552. The second-order valence-electron chi connectivity index (χ2n) is 23.5. The first kappa shape index (κ1) is 72.9. The molecule has 3 heterocycles. The fourth-order valence-corrected chi connectivity index (χ4v) is 11.5. The van der Waals surface area contributed by atoms with E-state index < -0.39 is 77.1 Å². The van der Waals surface area contributed by atoms with Crippen LogP contribution in [-0.2, 0) is 105 Å². The molecule has 6 N–H and O–H groups in total. The van der Waals surface area contributed by atoms with Gasteiger partial charge in [0.05, 0.1) is 129 Å². The Morgan fingerprint density at radius 2 is 1.33 bits per heavy atom. The fourth-order valence-electron chi connectivity index (χ4n) is 11.5. The lowest BCUT2D eigenvalue weighted by molar-refractivity contribution is -0.163. The summed E-state index contributed by atoms with van der Waals surface area (Å²) in [4.78, 5) is 121. The molecule has 0 saturated heterocycles. The van der Waals surface area contributed by atoms with Gasteiger partial charge >= 0.3 is 12.1 Å². The number of aliphatic hydroxyl groups is 1. The highest BCUT2D eigenvalue weighted by Crippen LogP contribution is 2.51. The molecule has 0 fully saturated rings. The van der Waals surface area contributed by atoms with E-state index in [1.807, 2.05) is 0 Å². The highest BCUT2D eigenvalue weighted by molar-refractivity contribution is 6.14. The molecule has 1 unspecified atom stereocenters. The summed E-state index contributed by atoms with van der Waals surface area (Å²) in [5, 5.41) is 26.0. The molecule has 0 spiro atoms. The number of ketones is 1. The number of hydrogen-bond acceptors (Lipinski definition) is 21. The van der Waals surface area contributed by atoms with Gasteiger partial charge in [0.2, 0.25) is 23.6 Å². The average Bonchev–Trinajstić information content (AvgIpc) is 1.63. The molecule has 28 heteroatoms. The van der Waals surface area contributed by atoms with Gasteiger partial charge in [-0.3, -0.25) is 38.5 Å². The van der Waals surface area contributed by atoms with Crippen molar-refractivity contribution in [2.45, 2.75) is 103 Å². The normalized spacial score (nSPS) is 18.5. The molecule has 1 aromatic heterocycles. The van der Waals surface area contributed by atoms with Gasteiger partial charge in [-0.25, -0.2) is 19.0 Å². The summed E-state index contributed by atoms with van der Waals surface area (Å²) >= 11 is 0. The summed E-state index contributed by atoms with van der Waals surface area (Å²) < 4.78 is 70.4. The molecule has 95 heavy (non-hydrogen) atoms. The number of fused-ring (bicyclic) bond motifs is 4. The van der Waals surface area contributed by atoms with E-state index in [1.165, 1.54) is 25.1 Å². The van der Waals surface area contributed by atoms with Gasteiger partial charge in [0, 0.05) is 66.4 Å². The Bertz CT molecular complexity index is 3360. The number of pyridine rings is 1. The Hall–Kier alpha value is -7.93. The minimum atomic E-state index is -2.01. The maximum absolute atomic E-state index is 15.4. The third-order valence-electron chi connectivity index (χ3n) is 16.7. The zero-order chi connectivity index (χ0) is 68.0. The van der Waals surface area contributed by atoms with Gasteiger partial charge in [-0.1, -0.05) is 32.9 Å². The van der Waals surface area contributed by atoms with Crippen LogP contribution in [0.15, 0.2) is 59.7 Å². The van der Waals surface area contributed by atoms with Crippen molar-refractivity contribution >= 4 is 75.5 Å². The molecule has 27 nitrogen and oxygen atoms in total. The van der Waals surface area contributed by atoms with Crippen LogP contribution in [0.1, 0.15) is 92.9 Å². The van der Waals surface area contributed by atoms with Gasteiger partial charge in [0.15, 0.2) is 11.4 Å². The highest BCUT2D eigenvalue weighted by atomic mass is 19.1. The molecule has 5 aliphatic rings. The minimum Gasteiger partial charge on any atom is -0.458 e. The number of nitrogens with zero attached hydrogens (tertiary/aromatic N) is 2. The second-order valence-corrected chi connectivity index (χ2v) is 23.5. The summed E-state index contributed by atoms with van der Waals surface area (Å²) in [7, 11) is 0. The lowest BCUT2D eigenvalue weighted by atomic mass is 9.75. The van der Waals surface area contributed by atoms with Crippen LogP contribution in [0.5, 0.6) is 0 Å². The van der Waals surface area contributed by atoms with Crippen LogP contribution in [0.4, 0.5) is 14.9 Å². The smallest absolute Gasteiger partial charge is 0.407 e. The third-order valence-corrected chi connectivity index (χ3v) is 16.7. The Kier molecular flexibility index (Phi) is 27.4. The molecule has 5 atom stereocenters. The van der Waals surface area contributed by atoms with Crippen molar-refractivity contribution in [3.8, 4) is 0 Å². The number of Topliss-reactive ketones (excluding diaryl/α,β-unsaturated/α-hetero) is 1. The van der Waals surface area contributed by atoms with Crippen LogP contribution in [0.25, 0.3) is 16.5 Å². The summed E-state index contributed by atoms with van der Waals surface area (Å²) in [5.74, 6) is -5.11. The molecule has 3 aliphatic carbocycles. The number of cyclic esters (lactones) is 1. The number of esters is 1. The van der Waals surface area contributed by atoms with Gasteiger partial charge in [0.1, 0.15) is 31.1 Å². The minimum absolute atomic E-state index is 0.00639. The van der Waals surface area contributed by atoms with Crippen LogP contribution in [0, 0.1) is 24.6 Å². The Morgan fingerprint density at radius 1 is 0.747 bits per heavy atom. The second kappa shape index (κ2) is 35.7. The number of hydrogen-bond donors (Lipinski definition) is 6. The first-order valence-corrected chi connectivity index (χ1v) is 32.2. The number of nitrogens with one attached hydrogen (secondary N) is 5. The molecule has 2 aliphatic heterocycles. The number of ether oxygens (including phenoxy) is 10. The number of imide groups is 1. The van der Waals surface area contributed by atoms with Gasteiger partial charge < -0.3 is 79.1 Å². The third kappa shape index (κ3) is 19.6. The number of amides is 7. The maximum atomic E-state index is 15.4. The number of benzene rings is 2. The van der Waals surface area contributed by atoms with Crippen LogP contribution in [0.2, 0.25) is 0 Å². The standard InChI is InChI=1S/C67H86FN7O20/c1-6-67(85)50-36-46-47(62(80)49(50)39-94-65(67)83)35-48-59-52(12-11-45-41(4)51(68)37-53(58(45)59)72-61(46)48)73-66(84)95-38-43-7-9-44(10-8-43)71-63(81)42(5)70-64(82)60(40(2)3)74-55(77)16-19-86-21-23-88-25-27-90-29-31-92-33-34-93-32-30-91-28-26-89-24-22-87-20-17-69-54(76)15-18-75-56(78)13-14-57(75)79/h7-10,13-14,36-37,40,42,47,52,60,85H,6,11-12,15-35,38-39H2,1-5H3,(H,69,76)(H,70,82)(H,71,81)(H,73,84)(H,74,77)/t42-,47?,52-,60-,67-/m0/s1. The van der Waals surface area contributed by atoms with E-state index in [0.717, 1.165) is 21.6 Å². The van der Waals surface area contributed by atoms with E-state index in [0.29, 0.717) is 144 Å². The number of anilines is 1. The molecule has 516 valence electrons. The van der Waals surface area contributed by atoms with Crippen molar-refractivity contribution in [3.63, 3.8) is 0 Å². The number of carbonyl (C=O) groups excluding carboxylic acids is 9. The Balaban J connectivity index is 0.627. The van der Waals surface area contributed by atoms with E-state index >= 15 is 4.39 Å². The number of alkyl carbamates (subject to hydrolysis) is 1. The topological polar surface area (TPSA) is 342 Å². The van der Waals surface area contributed by atoms with Crippen molar-refractivity contribution in [3.05, 3.63) is 99.0 Å². The number of aryl methyl sites for hydroxylation is 1. The summed E-state index contributed by atoms with van der Waals surface area (Å²) in [6.07, 6.45) is 4.39. The average molecular weight is 1330 g/mol. The Labute approximate surface area is 549 Å². The largest absolute Gasteiger partial charge is 0.458 e. The van der Waals surface area contributed by atoms with Crippen molar-refractivity contribution in [2.24, 2.45) is 11.8 Å². The summed E-state index contributed by atoms with van der Waals surface area (Å²) in [6, 6.07) is 5.45. The van der Waals surface area contributed by atoms with E-state index in [4.69, 9.17) is 52.4 Å². The zero-order valence-electron chi connectivity index (χ0n) is 54.4. The van der Waals surface area contributed by atoms with Crippen molar-refractivity contribution in [1.82, 2.24) is 31.2 Å². The summed E-state index contributed by atoms with van der Waals surface area (Å²) in [5.41, 5.74) is 3.43. The van der Waals surface area contributed by atoms with Gasteiger partial charge in [-0.15, -0.1) is 0 Å². The van der Waals surface area contributed by atoms with Crippen LogP contribution < -0.4 is 26.6 Å². The molecular formula is C67H86FN7O20. The quantitative estimate of drug-likeness (QED) is 0.0270. The number of aromatic nitrogens is 1. The van der Waals surface area contributed by atoms with Gasteiger partial charge in [0.25, 0.3) is 11.8 Å². The summed E-state index contributed by atoms with van der Waals surface area (Å²) in [6.45, 7) is 13.8. The van der Waals surface area contributed by atoms with Crippen molar-refractivity contribution < 1.29 is 100 Å². The highest BCUT2D eigenvalue weighted by Gasteiger charge is 2.51. The zero-order valence-corrected chi connectivity index (χ0v) is 54.4. The van der Waals surface area contributed by atoms with Gasteiger partial charge in [-0.2, -0.15) is 0 Å². The van der Waals surface area contributed by atoms with Crippen molar-refractivity contribution in [2.75, 3.05) is 131 Å².